The maximum absolute atomic E-state index is 6.17. The normalized spacial score (nSPS) is 15.3. The number of rotatable bonds is 1. The standard InChI is InChI=1S/C12H14ClN/c1-12(2,14)9-7-6-8-4-3-5-10(13)11(8)9/h3-5,7H,6,14H2,1-2H3. The molecule has 0 aliphatic heterocycles. The Kier molecular flexibility index (Phi) is 2.17. The molecule has 74 valence electrons. The Balaban J connectivity index is 2.56. The van der Waals surface area contributed by atoms with Crippen LogP contribution in [0.2, 0.25) is 5.02 Å². The first-order valence-corrected chi connectivity index (χ1v) is 5.15. The van der Waals surface area contributed by atoms with Crippen LogP contribution in [0.4, 0.5) is 0 Å². The topological polar surface area (TPSA) is 26.0 Å². The molecule has 14 heavy (non-hydrogen) atoms. The van der Waals surface area contributed by atoms with Gasteiger partial charge in [-0.05, 0) is 37.5 Å². The molecule has 0 unspecified atom stereocenters. The van der Waals surface area contributed by atoms with Gasteiger partial charge < -0.3 is 5.73 Å². The Bertz CT molecular complexity index is 399. The molecule has 0 bridgehead atoms. The van der Waals surface area contributed by atoms with Gasteiger partial charge in [0.2, 0.25) is 0 Å². The molecule has 0 saturated heterocycles. The number of allylic oxidation sites excluding steroid dienone is 1. The van der Waals surface area contributed by atoms with E-state index in [-0.39, 0.29) is 5.54 Å². The monoisotopic (exact) mass is 207 g/mol. The van der Waals surface area contributed by atoms with E-state index in [1.54, 1.807) is 0 Å². The molecule has 2 rings (SSSR count). The molecule has 0 aromatic heterocycles. The zero-order valence-electron chi connectivity index (χ0n) is 8.47. The van der Waals surface area contributed by atoms with Gasteiger partial charge in [-0.3, -0.25) is 0 Å². The summed E-state index contributed by atoms with van der Waals surface area (Å²) in [6, 6.07) is 6.02. The summed E-state index contributed by atoms with van der Waals surface area (Å²) >= 11 is 6.17. The number of hydrogen-bond donors (Lipinski definition) is 1. The molecule has 0 amide bonds. The molecule has 1 aromatic carbocycles. The van der Waals surface area contributed by atoms with Crippen molar-refractivity contribution in [3.63, 3.8) is 0 Å². The van der Waals surface area contributed by atoms with Gasteiger partial charge in [-0.15, -0.1) is 0 Å². The van der Waals surface area contributed by atoms with Gasteiger partial charge in [0.15, 0.2) is 0 Å². The molecule has 2 heteroatoms. The van der Waals surface area contributed by atoms with E-state index in [2.05, 4.69) is 12.1 Å². The Hall–Kier alpha value is -0.790. The van der Waals surface area contributed by atoms with E-state index in [1.165, 1.54) is 5.56 Å². The third-order valence-corrected chi connectivity index (χ3v) is 2.90. The maximum atomic E-state index is 6.17. The first kappa shape index (κ1) is 9.75. The molecule has 1 nitrogen and oxygen atoms in total. The molecule has 0 radical (unpaired) electrons. The molecular weight excluding hydrogens is 194 g/mol. The van der Waals surface area contributed by atoms with Gasteiger partial charge in [-0.25, -0.2) is 0 Å². The number of nitrogens with two attached hydrogens (primary N) is 1. The zero-order chi connectivity index (χ0) is 10.3. The SMILES string of the molecule is CC(C)(N)C1=CCc2cccc(Cl)c21. The summed E-state index contributed by atoms with van der Waals surface area (Å²) in [4.78, 5) is 0. The predicted octanol–water partition coefficient (Wildman–Crippen LogP) is 3.02. The van der Waals surface area contributed by atoms with Gasteiger partial charge in [0, 0.05) is 16.1 Å². The van der Waals surface area contributed by atoms with E-state index in [4.69, 9.17) is 17.3 Å². The minimum absolute atomic E-state index is 0.309. The molecule has 0 heterocycles. The van der Waals surface area contributed by atoms with Gasteiger partial charge in [0.1, 0.15) is 0 Å². The van der Waals surface area contributed by atoms with Crippen molar-refractivity contribution >= 4 is 17.2 Å². The number of benzene rings is 1. The first-order chi connectivity index (χ1) is 6.50. The Morgan fingerprint density at radius 2 is 2.07 bits per heavy atom. The number of hydrogen-bond acceptors (Lipinski definition) is 1. The molecule has 0 spiro atoms. The molecule has 1 aromatic rings. The van der Waals surface area contributed by atoms with Crippen molar-refractivity contribution in [3.8, 4) is 0 Å². The first-order valence-electron chi connectivity index (χ1n) is 4.77. The number of halogens is 1. The maximum Gasteiger partial charge on any atom is 0.0484 e. The van der Waals surface area contributed by atoms with Crippen LogP contribution in [-0.4, -0.2) is 5.54 Å². The lowest BCUT2D eigenvalue weighted by molar-refractivity contribution is 0.676. The van der Waals surface area contributed by atoms with Crippen molar-refractivity contribution in [2.45, 2.75) is 25.8 Å². The van der Waals surface area contributed by atoms with Crippen LogP contribution in [0.3, 0.4) is 0 Å². The van der Waals surface area contributed by atoms with Crippen molar-refractivity contribution in [2.24, 2.45) is 5.73 Å². The molecule has 1 aliphatic rings. The average molecular weight is 208 g/mol. The minimum atomic E-state index is -0.309. The fraction of sp³-hybridized carbons (Fsp3) is 0.333. The predicted molar refractivity (Wildman–Crippen MR) is 61.4 cm³/mol. The van der Waals surface area contributed by atoms with Gasteiger partial charge in [0.05, 0.1) is 0 Å². The molecule has 0 atom stereocenters. The van der Waals surface area contributed by atoms with Crippen molar-refractivity contribution in [2.75, 3.05) is 0 Å². The lowest BCUT2D eigenvalue weighted by Crippen LogP contribution is -2.33. The van der Waals surface area contributed by atoms with Crippen LogP contribution < -0.4 is 5.73 Å². The summed E-state index contributed by atoms with van der Waals surface area (Å²) in [5, 5.41) is 0.810. The highest BCUT2D eigenvalue weighted by atomic mass is 35.5. The van der Waals surface area contributed by atoms with E-state index in [0.29, 0.717) is 0 Å². The van der Waals surface area contributed by atoms with E-state index >= 15 is 0 Å². The largest absolute Gasteiger partial charge is 0.322 e. The molecule has 2 N–H and O–H groups in total. The van der Waals surface area contributed by atoms with Crippen molar-refractivity contribution in [1.29, 1.82) is 0 Å². The van der Waals surface area contributed by atoms with Gasteiger partial charge in [-0.2, -0.15) is 0 Å². The average Bonchev–Trinajstić information content (AvgIpc) is 2.47. The lowest BCUT2D eigenvalue weighted by Gasteiger charge is -2.22. The third kappa shape index (κ3) is 1.47. The molecular formula is C12H14ClN. The van der Waals surface area contributed by atoms with Crippen LogP contribution in [-0.2, 0) is 6.42 Å². The summed E-state index contributed by atoms with van der Waals surface area (Å²) in [6.45, 7) is 4.02. The van der Waals surface area contributed by atoms with Gasteiger partial charge >= 0.3 is 0 Å². The quantitative estimate of drug-likeness (QED) is 0.753. The summed E-state index contributed by atoms with van der Waals surface area (Å²) in [7, 11) is 0. The zero-order valence-corrected chi connectivity index (χ0v) is 9.23. The van der Waals surface area contributed by atoms with Crippen molar-refractivity contribution in [3.05, 3.63) is 40.4 Å². The minimum Gasteiger partial charge on any atom is -0.322 e. The highest BCUT2D eigenvalue weighted by molar-refractivity contribution is 6.32. The van der Waals surface area contributed by atoms with Crippen LogP contribution in [0.1, 0.15) is 25.0 Å². The Morgan fingerprint density at radius 1 is 1.36 bits per heavy atom. The van der Waals surface area contributed by atoms with E-state index < -0.39 is 0 Å². The van der Waals surface area contributed by atoms with Crippen molar-refractivity contribution in [1.82, 2.24) is 0 Å². The highest BCUT2D eigenvalue weighted by Gasteiger charge is 2.26. The molecule has 1 aliphatic carbocycles. The van der Waals surface area contributed by atoms with Crippen LogP contribution in [0.5, 0.6) is 0 Å². The van der Waals surface area contributed by atoms with Crippen LogP contribution in [0.15, 0.2) is 24.3 Å². The van der Waals surface area contributed by atoms with Crippen LogP contribution >= 0.6 is 11.6 Å². The van der Waals surface area contributed by atoms with E-state index in [0.717, 1.165) is 22.6 Å². The van der Waals surface area contributed by atoms with E-state index in [1.807, 2.05) is 26.0 Å². The molecule has 0 saturated carbocycles. The fourth-order valence-electron chi connectivity index (χ4n) is 1.94. The second-order valence-corrected chi connectivity index (χ2v) is 4.72. The van der Waals surface area contributed by atoms with Gasteiger partial charge in [-0.1, -0.05) is 29.8 Å². The summed E-state index contributed by atoms with van der Waals surface area (Å²) in [5.74, 6) is 0. The Morgan fingerprint density at radius 3 is 2.71 bits per heavy atom. The summed E-state index contributed by atoms with van der Waals surface area (Å²) in [5.41, 5.74) is 9.38. The fourth-order valence-corrected chi connectivity index (χ4v) is 2.24. The second kappa shape index (κ2) is 3.11. The highest BCUT2D eigenvalue weighted by Crippen LogP contribution is 2.38. The summed E-state index contributed by atoms with van der Waals surface area (Å²) < 4.78 is 0. The molecule has 0 fully saturated rings. The Labute approximate surface area is 89.6 Å². The van der Waals surface area contributed by atoms with E-state index in [9.17, 15) is 0 Å². The lowest BCUT2D eigenvalue weighted by atomic mass is 9.91. The van der Waals surface area contributed by atoms with Crippen LogP contribution in [0.25, 0.3) is 5.57 Å². The summed E-state index contributed by atoms with van der Waals surface area (Å²) in [6.07, 6.45) is 3.13. The van der Waals surface area contributed by atoms with Crippen molar-refractivity contribution < 1.29 is 0 Å². The van der Waals surface area contributed by atoms with Crippen LogP contribution in [0, 0.1) is 0 Å². The number of fused-ring (bicyclic) bond motifs is 1. The smallest absolute Gasteiger partial charge is 0.0484 e. The third-order valence-electron chi connectivity index (χ3n) is 2.59. The second-order valence-electron chi connectivity index (χ2n) is 4.32. The van der Waals surface area contributed by atoms with Gasteiger partial charge in [0.25, 0.3) is 0 Å².